The third-order valence-corrected chi connectivity index (χ3v) is 4.44. The summed E-state index contributed by atoms with van der Waals surface area (Å²) in [6, 6.07) is 13.1. The fourth-order valence-corrected chi connectivity index (χ4v) is 2.63. The average Bonchev–Trinajstić information content (AvgIpc) is 3.20. The molecule has 0 aliphatic carbocycles. The smallest absolute Gasteiger partial charge is 0.289 e. The first-order chi connectivity index (χ1) is 13.5. The maximum Gasteiger partial charge on any atom is 0.289 e. The average molecular weight is 378 g/mol. The Bertz CT molecular complexity index is 1020. The van der Waals surface area contributed by atoms with Crippen molar-refractivity contribution >= 4 is 12.1 Å². The number of H-pyrrole nitrogens is 1. The van der Waals surface area contributed by atoms with Gasteiger partial charge < -0.3 is 9.47 Å². The molecule has 0 fully saturated rings. The number of carbonyl (C=O) groups excluding carboxylic acids is 1. The zero-order chi connectivity index (χ0) is 20.1. The van der Waals surface area contributed by atoms with E-state index in [0.29, 0.717) is 28.5 Å². The van der Waals surface area contributed by atoms with Gasteiger partial charge in [-0.15, -0.1) is 0 Å². The number of hydrazone groups is 1. The van der Waals surface area contributed by atoms with E-state index in [9.17, 15) is 4.79 Å². The van der Waals surface area contributed by atoms with Crippen LogP contribution in [0.15, 0.2) is 47.6 Å². The molecule has 0 atom stereocenters. The second-order valence-electron chi connectivity index (χ2n) is 6.27. The van der Waals surface area contributed by atoms with E-state index in [1.165, 1.54) is 17.3 Å². The zero-order valence-corrected chi connectivity index (χ0v) is 16.2. The molecule has 28 heavy (non-hydrogen) atoms. The molecule has 0 spiro atoms. The third-order valence-electron chi connectivity index (χ3n) is 4.44. The quantitative estimate of drug-likeness (QED) is 0.508. The van der Waals surface area contributed by atoms with Gasteiger partial charge in [-0.3, -0.25) is 9.89 Å². The maximum atomic E-state index is 12.3. The van der Waals surface area contributed by atoms with Crippen LogP contribution in [-0.4, -0.2) is 36.5 Å². The molecule has 0 aliphatic rings. The molecule has 0 unspecified atom stereocenters. The van der Waals surface area contributed by atoms with Crippen molar-refractivity contribution in [3.8, 4) is 22.8 Å². The summed E-state index contributed by atoms with van der Waals surface area (Å²) in [5.74, 6) is 0.886. The Morgan fingerprint density at radius 1 is 1.07 bits per heavy atom. The molecular weight excluding hydrogens is 356 g/mol. The molecule has 0 bridgehead atoms. The van der Waals surface area contributed by atoms with Gasteiger partial charge in [0.05, 0.1) is 26.1 Å². The molecule has 1 heterocycles. The Balaban J connectivity index is 1.70. The summed E-state index contributed by atoms with van der Waals surface area (Å²) < 4.78 is 10.5. The minimum absolute atomic E-state index is 0.326. The first kappa shape index (κ1) is 19.2. The topological polar surface area (TPSA) is 88.6 Å². The SMILES string of the molecule is COc1ccc(/C=N\NC(=O)c2cc(-c3ccc(C)c(C)c3)n[nH]2)c(OC)c1. The van der Waals surface area contributed by atoms with Crippen LogP contribution in [0.1, 0.15) is 27.2 Å². The van der Waals surface area contributed by atoms with Crippen molar-refractivity contribution in [2.75, 3.05) is 14.2 Å². The van der Waals surface area contributed by atoms with Crippen molar-refractivity contribution in [2.24, 2.45) is 5.10 Å². The summed E-state index contributed by atoms with van der Waals surface area (Å²) in [5.41, 5.74) is 7.55. The van der Waals surface area contributed by atoms with E-state index in [2.05, 4.69) is 27.6 Å². The lowest BCUT2D eigenvalue weighted by atomic mass is 10.0. The summed E-state index contributed by atoms with van der Waals surface area (Å²) in [5, 5.41) is 11.0. The number of methoxy groups -OCH3 is 2. The molecule has 3 aromatic rings. The van der Waals surface area contributed by atoms with Gasteiger partial charge in [-0.2, -0.15) is 10.2 Å². The Morgan fingerprint density at radius 2 is 1.89 bits per heavy atom. The minimum atomic E-state index is -0.383. The van der Waals surface area contributed by atoms with Gasteiger partial charge in [-0.05, 0) is 49.2 Å². The van der Waals surface area contributed by atoms with E-state index >= 15 is 0 Å². The van der Waals surface area contributed by atoms with Gasteiger partial charge in [0, 0.05) is 17.2 Å². The van der Waals surface area contributed by atoms with Gasteiger partial charge in [-0.25, -0.2) is 5.43 Å². The van der Waals surface area contributed by atoms with E-state index in [4.69, 9.17) is 9.47 Å². The molecule has 1 aromatic heterocycles. The number of carbonyl (C=O) groups is 1. The van der Waals surface area contributed by atoms with E-state index in [1.807, 2.05) is 25.1 Å². The molecule has 2 aromatic carbocycles. The van der Waals surface area contributed by atoms with Gasteiger partial charge in [0.25, 0.3) is 5.91 Å². The van der Waals surface area contributed by atoms with Crippen molar-refractivity contribution in [2.45, 2.75) is 13.8 Å². The summed E-state index contributed by atoms with van der Waals surface area (Å²) in [6.07, 6.45) is 1.51. The summed E-state index contributed by atoms with van der Waals surface area (Å²) in [6.45, 7) is 4.10. The highest BCUT2D eigenvalue weighted by Gasteiger charge is 2.11. The summed E-state index contributed by atoms with van der Waals surface area (Å²) >= 11 is 0. The predicted molar refractivity (Wildman–Crippen MR) is 108 cm³/mol. The van der Waals surface area contributed by atoms with Crippen molar-refractivity contribution < 1.29 is 14.3 Å². The predicted octanol–water partition coefficient (Wildman–Crippen LogP) is 3.47. The summed E-state index contributed by atoms with van der Waals surface area (Å²) in [4.78, 5) is 12.3. The Kier molecular flexibility index (Phi) is 5.74. The van der Waals surface area contributed by atoms with Crippen LogP contribution in [0.4, 0.5) is 0 Å². The number of nitrogens with zero attached hydrogens (tertiary/aromatic N) is 2. The number of ether oxygens (including phenoxy) is 2. The normalized spacial score (nSPS) is 10.9. The second-order valence-corrected chi connectivity index (χ2v) is 6.27. The molecular formula is C21H22N4O3. The van der Waals surface area contributed by atoms with Crippen molar-refractivity contribution in [1.82, 2.24) is 15.6 Å². The highest BCUT2D eigenvalue weighted by atomic mass is 16.5. The van der Waals surface area contributed by atoms with E-state index in [-0.39, 0.29) is 5.91 Å². The number of benzene rings is 2. The Hall–Kier alpha value is -3.61. The largest absolute Gasteiger partial charge is 0.497 e. The number of nitrogens with one attached hydrogen (secondary N) is 2. The zero-order valence-electron chi connectivity index (χ0n) is 16.2. The van der Waals surface area contributed by atoms with Crippen LogP contribution in [0.25, 0.3) is 11.3 Å². The van der Waals surface area contributed by atoms with Crippen LogP contribution in [-0.2, 0) is 0 Å². The van der Waals surface area contributed by atoms with Crippen LogP contribution in [0.5, 0.6) is 11.5 Å². The van der Waals surface area contributed by atoms with Crippen LogP contribution in [0, 0.1) is 13.8 Å². The lowest BCUT2D eigenvalue weighted by Crippen LogP contribution is -2.18. The monoisotopic (exact) mass is 378 g/mol. The number of aromatic amines is 1. The second kappa shape index (κ2) is 8.39. The number of rotatable bonds is 6. The summed E-state index contributed by atoms with van der Waals surface area (Å²) in [7, 11) is 3.14. The molecule has 7 heteroatoms. The first-order valence-corrected chi connectivity index (χ1v) is 8.70. The molecule has 144 valence electrons. The molecule has 1 amide bonds. The fraction of sp³-hybridized carbons (Fsp3) is 0.190. The van der Waals surface area contributed by atoms with Crippen LogP contribution >= 0.6 is 0 Å². The molecule has 0 saturated heterocycles. The van der Waals surface area contributed by atoms with Crippen LogP contribution in [0.2, 0.25) is 0 Å². The van der Waals surface area contributed by atoms with Crippen LogP contribution < -0.4 is 14.9 Å². The van der Waals surface area contributed by atoms with Gasteiger partial charge in [0.1, 0.15) is 17.2 Å². The van der Waals surface area contributed by atoms with Crippen molar-refractivity contribution in [3.63, 3.8) is 0 Å². The van der Waals surface area contributed by atoms with Gasteiger partial charge in [0.15, 0.2) is 0 Å². The Morgan fingerprint density at radius 3 is 2.61 bits per heavy atom. The number of aromatic nitrogens is 2. The molecule has 2 N–H and O–H groups in total. The minimum Gasteiger partial charge on any atom is -0.497 e. The van der Waals surface area contributed by atoms with Gasteiger partial charge in [-0.1, -0.05) is 12.1 Å². The third kappa shape index (κ3) is 4.20. The molecule has 0 aliphatic heterocycles. The Labute approximate surface area is 163 Å². The lowest BCUT2D eigenvalue weighted by Gasteiger charge is -2.06. The first-order valence-electron chi connectivity index (χ1n) is 8.70. The van der Waals surface area contributed by atoms with Crippen molar-refractivity contribution in [1.29, 1.82) is 0 Å². The van der Waals surface area contributed by atoms with Crippen LogP contribution in [0.3, 0.4) is 0 Å². The molecule has 0 radical (unpaired) electrons. The van der Waals surface area contributed by atoms with E-state index in [1.54, 1.807) is 38.5 Å². The maximum absolute atomic E-state index is 12.3. The van der Waals surface area contributed by atoms with Gasteiger partial charge in [0.2, 0.25) is 0 Å². The lowest BCUT2D eigenvalue weighted by molar-refractivity contribution is 0.0950. The number of hydrogen-bond acceptors (Lipinski definition) is 5. The van der Waals surface area contributed by atoms with E-state index < -0.39 is 0 Å². The number of aryl methyl sites for hydroxylation is 2. The highest BCUT2D eigenvalue weighted by molar-refractivity contribution is 5.94. The highest BCUT2D eigenvalue weighted by Crippen LogP contribution is 2.23. The number of amides is 1. The van der Waals surface area contributed by atoms with Crippen molar-refractivity contribution in [3.05, 3.63) is 64.8 Å². The van der Waals surface area contributed by atoms with Gasteiger partial charge >= 0.3 is 0 Å². The molecule has 3 rings (SSSR count). The fourth-order valence-electron chi connectivity index (χ4n) is 2.63. The number of hydrogen-bond donors (Lipinski definition) is 2. The molecule has 7 nitrogen and oxygen atoms in total. The standard InChI is InChI=1S/C21H22N4O3/c1-13-5-6-15(9-14(13)2)18-11-19(24-23-18)21(26)25-22-12-16-7-8-17(27-3)10-20(16)28-4/h5-12H,1-4H3,(H,23,24)(H,25,26)/b22-12-. The molecule has 0 saturated carbocycles. The van der Waals surface area contributed by atoms with E-state index in [0.717, 1.165) is 5.56 Å².